The quantitative estimate of drug-likeness (QED) is 0.0271. The van der Waals surface area contributed by atoms with Crippen LogP contribution in [0.25, 0.3) is 0 Å². The van der Waals surface area contributed by atoms with Crippen molar-refractivity contribution in [1.29, 1.82) is 0 Å². The Morgan fingerprint density at radius 3 is 1.54 bits per heavy atom. The third kappa shape index (κ3) is 27.1. The van der Waals surface area contributed by atoms with E-state index >= 15 is 0 Å². The van der Waals surface area contributed by atoms with Gasteiger partial charge >= 0.3 is 17.9 Å². The molecule has 6 atom stereocenters. The molecule has 0 spiro atoms. The van der Waals surface area contributed by atoms with Crippen molar-refractivity contribution in [1.82, 2.24) is 0 Å². The Kier molecular flexibility index (Phi) is 32.7. The van der Waals surface area contributed by atoms with Gasteiger partial charge in [-0.05, 0) is 70.6 Å². The zero-order valence-corrected chi connectivity index (χ0v) is 34.9. The average molecular weight is 795 g/mol. The maximum Gasteiger partial charge on any atom is 0.335 e. The predicted molar refractivity (Wildman–Crippen MR) is 220 cm³/mol. The summed E-state index contributed by atoms with van der Waals surface area (Å²) < 4.78 is 21.7. The number of unbranched alkanes of at least 4 members (excludes halogenated alkanes) is 19. The third-order valence-electron chi connectivity index (χ3n) is 9.96. The summed E-state index contributed by atoms with van der Waals surface area (Å²) in [5.41, 5.74) is 0. The zero-order valence-electron chi connectivity index (χ0n) is 34.9. The van der Waals surface area contributed by atoms with Crippen LogP contribution in [0.3, 0.4) is 0 Å². The molecule has 0 aromatic rings. The zero-order chi connectivity index (χ0) is 41.1. The van der Waals surface area contributed by atoms with Gasteiger partial charge in [-0.15, -0.1) is 0 Å². The number of hydrogen-bond acceptors (Lipinski definition) is 10. The molecule has 0 aromatic carbocycles. The first-order chi connectivity index (χ1) is 27.2. The number of carboxylic acids is 1. The standard InChI is InChI=1S/C45H78O11/c1-3-5-7-9-11-13-15-17-19-21-23-25-27-29-31-33-38(46)53-35-37(36-54-45-42(50)40(48)41(49)43(56-45)44(51)52)55-39(47)34-32-30-28-26-24-22-20-18-16-14-12-10-8-6-4-2/h11,13,17-20,37,40-43,45,48-50H,3-10,12,14-16,21-36H2,1-2H3,(H,51,52)/b13-11-,19-17-,20-18-. The second kappa shape index (κ2) is 35.6. The van der Waals surface area contributed by atoms with Crippen LogP contribution in [-0.4, -0.2) is 88.4 Å². The topological polar surface area (TPSA) is 169 Å². The molecule has 0 radical (unpaired) electrons. The molecule has 11 nitrogen and oxygen atoms in total. The highest BCUT2D eigenvalue weighted by atomic mass is 16.7. The first-order valence-corrected chi connectivity index (χ1v) is 22.0. The summed E-state index contributed by atoms with van der Waals surface area (Å²) in [6, 6.07) is 0. The van der Waals surface area contributed by atoms with Crippen LogP contribution in [0.2, 0.25) is 0 Å². The number of ether oxygens (including phenoxy) is 4. The number of allylic oxidation sites excluding steroid dienone is 6. The van der Waals surface area contributed by atoms with Crippen molar-refractivity contribution in [2.75, 3.05) is 13.2 Å². The molecule has 11 heteroatoms. The van der Waals surface area contributed by atoms with E-state index < -0.39 is 61.3 Å². The highest BCUT2D eigenvalue weighted by molar-refractivity contribution is 5.73. The Hall–Kier alpha value is -2.57. The van der Waals surface area contributed by atoms with Gasteiger partial charge in [-0.1, -0.05) is 134 Å². The van der Waals surface area contributed by atoms with Crippen LogP contribution in [0, 0.1) is 0 Å². The average Bonchev–Trinajstić information content (AvgIpc) is 3.18. The maximum atomic E-state index is 12.7. The van der Waals surface area contributed by atoms with E-state index in [0.29, 0.717) is 12.8 Å². The van der Waals surface area contributed by atoms with Gasteiger partial charge in [0.2, 0.25) is 0 Å². The van der Waals surface area contributed by atoms with Gasteiger partial charge in [0.25, 0.3) is 0 Å². The fourth-order valence-electron chi connectivity index (χ4n) is 6.43. The molecule has 1 saturated heterocycles. The van der Waals surface area contributed by atoms with Gasteiger partial charge in [0.05, 0.1) is 6.61 Å². The number of aliphatic hydroxyl groups excluding tert-OH is 3. The van der Waals surface area contributed by atoms with Crippen LogP contribution in [0.1, 0.15) is 181 Å². The summed E-state index contributed by atoms with van der Waals surface area (Å²) in [6.45, 7) is 3.75. The molecule has 0 saturated carbocycles. The molecule has 4 N–H and O–H groups in total. The van der Waals surface area contributed by atoms with Crippen molar-refractivity contribution >= 4 is 17.9 Å². The Morgan fingerprint density at radius 2 is 1.00 bits per heavy atom. The van der Waals surface area contributed by atoms with Gasteiger partial charge < -0.3 is 39.4 Å². The lowest BCUT2D eigenvalue weighted by atomic mass is 9.99. The van der Waals surface area contributed by atoms with Crippen molar-refractivity contribution in [3.63, 3.8) is 0 Å². The number of aliphatic hydroxyl groups is 3. The summed E-state index contributed by atoms with van der Waals surface area (Å²) in [5.74, 6) is -2.47. The number of esters is 2. The minimum absolute atomic E-state index is 0.170. The van der Waals surface area contributed by atoms with E-state index in [9.17, 15) is 34.8 Å². The summed E-state index contributed by atoms with van der Waals surface area (Å²) in [7, 11) is 0. The highest BCUT2D eigenvalue weighted by Gasteiger charge is 2.47. The van der Waals surface area contributed by atoms with Crippen LogP contribution >= 0.6 is 0 Å². The van der Waals surface area contributed by atoms with Crippen LogP contribution in [0.4, 0.5) is 0 Å². The Morgan fingerprint density at radius 1 is 0.554 bits per heavy atom. The highest BCUT2D eigenvalue weighted by Crippen LogP contribution is 2.23. The van der Waals surface area contributed by atoms with E-state index in [0.717, 1.165) is 83.5 Å². The molecule has 1 aliphatic heterocycles. The van der Waals surface area contributed by atoms with Gasteiger partial charge in [-0.2, -0.15) is 0 Å². The number of carboxylic acid groups (broad SMARTS) is 1. The molecule has 0 aromatic heterocycles. The normalized spacial score (nSPS) is 20.6. The molecule has 1 aliphatic rings. The largest absolute Gasteiger partial charge is 0.479 e. The number of carbonyl (C=O) groups excluding carboxylic acids is 2. The van der Waals surface area contributed by atoms with Gasteiger partial charge in [0.1, 0.15) is 24.9 Å². The molecular formula is C45H78O11. The smallest absolute Gasteiger partial charge is 0.335 e. The summed E-state index contributed by atoms with van der Waals surface area (Å²) in [6.07, 6.45) is 30.5. The van der Waals surface area contributed by atoms with Gasteiger partial charge in [0, 0.05) is 12.8 Å². The van der Waals surface area contributed by atoms with E-state index in [4.69, 9.17) is 18.9 Å². The second-order valence-electron chi connectivity index (χ2n) is 15.2. The van der Waals surface area contributed by atoms with Crippen molar-refractivity contribution in [3.8, 4) is 0 Å². The van der Waals surface area contributed by atoms with Crippen LogP contribution in [0.15, 0.2) is 36.5 Å². The molecule has 1 heterocycles. The van der Waals surface area contributed by atoms with E-state index in [1.165, 1.54) is 57.8 Å². The lowest BCUT2D eigenvalue weighted by Crippen LogP contribution is -2.60. The van der Waals surface area contributed by atoms with Gasteiger partial charge in [-0.25, -0.2) is 4.79 Å². The molecule has 324 valence electrons. The summed E-state index contributed by atoms with van der Waals surface area (Å²) in [4.78, 5) is 36.8. The molecule has 0 aliphatic carbocycles. The van der Waals surface area contributed by atoms with E-state index in [2.05, 4.69) is 50.3 Å². The first kappa shape index (κ1) is 51.4. The van der Waals surface area contributed by atoms with E-state index in [1.807, 2.05) is 0 Å². The Labute approximate surface area is 338 Å². The SMILES string of the molecule is CCCCC/C=C\C/C=C\CCCCCCCC(=O)OCC(COC1OC(C(=O)O)C(O)C(O)C1O)OC(=O)CCCCCCC/C=C\CCCCCCCC. The van der Waals surface area contributed by atoms with E-state index in [-0.39, 0.29) is 19.4 Å². The predicted octanol–water partition coefficient (Wildman–Crippen LogP) is 9.20. The molecule has 1 rings (SSSR count). The van der Waals surface area contributed by atoms with Crippen molar-refractivity contribution in [3.05, 3.63) is 36.5 Å². The van der Waals surface area contributed by atoms with Crippen LogP contribution in [-0.2, 0) is 33.3 Å². The summed E-state index contributed by atoms with van der Waals surface area (Å²) >= 11 is 0. The lowest BCUT2D eigenvalue weighted by Gasteiger charge is -2.38. The molecule has 1 fully saturated rings. The molecule has 0 bridgehead atoms. The van der Waals surface area contributed by atoms with Crippen molar-refractivity contribution < 1.29 is 53.8 Å². The number of aliphatic carboxylic acids is 1. The molecule has 56 heavy (non-hydrogen) atoms. The van der Waals surface area contributed by atoms with Crippen molar-refractivity contribution in [2.45, 2.75) is 218 Å². The molecule has 0 amide bonds. The minimum atomic E-state index is -1.86. The number of hydrogen-bond donors (Lipinski definition) is 4. The van der Waals surface area contributed by atoms with Gasteiger partial charge in [0.15, 0.2) is 18.5 Å². The third-order valence-corrected chi connectivity index (χ3v) is 9.96. The number of carbonyl (C=O) groups is 3. The van der Waals surface area contributed by atoms with Gasteiger partial charge in [-0.3, -0.25) is 9.59 Å². The Balaban J connectivity index is 2.40. The van der Waals surface area contributed by atoms with Crippen LogP contribution < -0.4 is 0 Å². The Bertz CT molecular complexity index is 1070. The maximum absolute atomic E-state index is 12.7. The fourth-order valence-corrected chi connectivity index (χ4v) is 6.43. The fraction of sp³-hybridized carbons (Fsp3) is 0.800. The number of rotatable bonds is 36. The summed E-state index contributed by atoms with van der Waals surface area (Å²) in [5, 5.41) is 39.8. The minimum Gasteiger partial charge on any atom is -0.479 e. The first-order valence-electron chi connectivity index (χ1n) is 22.0. The van der Waals surface area contributed by atoms with Crippen LogP contribution in [0.5, 0.6) is 0 Å². The monoisotopic (exact) mass is 795 g/mol. The van der Waals surface area contributed by atoms with Crippen molar-refractivity contribution in [2.24, 2.45) is 0 Å². The van der Waals surface area contributed by atoms with E-state index in [1.54, 1.807) is 0 Å². The lowest BCUT2D eigenvalue weighted by molar-refractivity contribution is -0.298. The molecular weight excluding hydrogens is 716 g/mol. The molecule has 6 unspecified atom stereocenters. The second-order valence-corrected chi connectivity index (χ2v) is 15.2.